The van der Waals surface area contributed by atoms with Crippen LogP contribution in [-0.4, -0.2) is 55.0 Å². The van der Waals surface area contributed by atoms with Crippen LogP contribution < -0.4 is 0 Å². The lowest BCUT2D eigenvalue weighted by molar-refractivity contribution is -0.144. The van der Waals surface area contributed by atoms with Gasteiger partial charge < -0.3 is 9.64 Å². The third-order valence-electron chi connectivity index (χ3n) is 6.07. The van der Waals surface area contributed by atoms with Crippen molar-refractivity contribution < 1.29 is 27.5 Å². The number of ketones is 1. The second kappa shape index (κ2) is 9.90. The molecule has 8 nitrogen and oxygen atoms in total. The molecule has 0 N–H and O–H groups in total. The molecule has 0 saturated carbocycles. The molecule has 9 heteroatoms. The van der Waals surface area contributed by atoms with Gasteiger partial charge in [-0.3, -0.25) is 14.4 Å². The van der Waals surface area contributed by atoms with Crippen molar-refractivity contribution in [2.45, 2.75) is 37.1 Å². The van der Waals surface area contributed by atoms with E-state index in [2.05, 4.69) is 0 Å². The quantitative estimate of drug-likeness (QED) is 0.444. The molecule has 1 unspecified atom stereocenters. The lowest BCUT2D eigenvalue weighted by atomic mass is 9.94. The summed E-state index contributed by atoms with van der Waals surface area (Å²) in [6.45, 7) is 1.96. The number of carbonyl (C=O) groups excluding carboxylic acids is 3. The SMILES string of the molecule is CC(=O)N1C=Cc2ccccc2C1CC(=O)OCC(=O)c1ccc(S(=O)(=O)N2CCCC2)cc1. The highest BCUT2D eigenvalue weighted by Crippen LogP contribution is 2.33. The maximum absolute atomic E-state index is 12.6. The molecular weight excluding hydrogens is 456 g/mol. The Morgan fingerprint density at radius 3 is 2.35 bits per heavy atom. The zero-order valence-electron chi connectivity index (χ0n) is 18.8. The average Bonchev–Trinajstić information content (AvgIpc) is 3.39. The summed E-state index contributed by atoms with van der Waals surface area (Å²) in [5.74, 6) is -1.25. The monoisotopic (exact) mass is 482 g/mol. The van der Waals surface area contributed by atoms with E-state index < -0.39 is 34.4 Å². The summed E-state index contributed by atoms with van der Waals surface area (Å²) < 4.78 is 31.9. The van der Waals surface area contributed by atoms with Gasteiger partial charge in [-0.05, 0) is 54.3 Å². The first-order valence-electron chi connectivity index (χ1n) is 11.1. The molecule has 0 radical (unpaired) electrons. The lowest BCUT2D eigenvalue weighted by Gasteiger charge is -2.32. The van der Waals surface area contributed by atoms with E-state index in [-0.39, 0.29) is 22.8 Å². The van der Waals surface area contributed by atoms with Crippen LogP contribution in [-0.2, 0) is 24.3 Å². The van der Waals surface area contributed by atoms with Gasteiger partial charge in [0.05, 0.1) is 17.4 Å². The van der Waals surface area contributed by atoms with Crippen LogP contribution in [0.1, 0.15) is 53.7 Å². The molecule has 2 heterocycles. The van der Waals surface area contributed by atoms with Gasteiger partial charge in [-0.15, -0.1) is 0 Å². The molecule has 1 saturated heterocycles. The van der Waals surface area contributed by atoms with Crippen LogP contribution in [0.3, 0.4) is 0 Å². The second-order valence-electron chi connectivity index (χ2n) is 8.31. The first kappa shape index (κ1) is 23.8. The third kappa shape index (κ3) is 4.95. The normalized spacial score (nSPS) is 17.9. The molecule has 2 aliphatic rings. The zero-order chi connectivity index (χ0) is 24.3. The molecule has 34 heavy (non-hydrogen) atoms. The van der Waals surface area contributed by atoms with Gasteiger partial charge >= 0.3 is 5.97 Å². The van der Waals surface area contributed by atoms with Gasteiger partial charge in [0.2, 0.25) is 15.9 Å². The fourth-order valence-corrected chi connectivity index (χ4v) is 5.77. The van der Waals surface area contributed by atoms with E-state index in [1.165, 1.54) is 40.4 Å². The van der Waals surface area contributed by atoms with Crippen molar-refractivity contribution in [3.05, 3.63) is 71.4 Å². The Morgan fingerprint density at radius 2 is 1.68 bits per heavy atom. The molecule has 1 atom stereocenters. The molecule has 2 aromatic rings. The number of sulfonamides is 1. The lowest BCUT2D eigenvalue weighted by Crippen LogP contribution is -2.32. The maximum Gasteiger partial charge on any atom is 0.308 e. The van der Waals surface area contributed by atoms with Crippen LogP contribution in [0, 0.1) is 0 Å². The molecule has 178 valence electrons. The number of fused-ring (bicyclic) bond motifs is 1. The van der Waals surface area contributed by atoms with E-state index in [0.29, 0.717) is 13.1 Å². The first-order valence-corrected chi connectivity index (χ1v) is 12.6. The van der Waals surface area contributed by atoms with Crippen LogP contribution in [0.4, 0.5) is 0 Å². The largest absolute Gasteiger partial charge is 0.457 e. The Balaban J connectivity index is 1.38. The van der Waals surface area contributed by atoms with Crippen LogP contribution in [0.25, 0.3) is 6.08 Å². The number of amides is 1. The van der Waals surface area contributed by atoms with Crippen LogP contribution in [0.15, 0.2) is 59.6 Å². The number of rotatable bonds is 7. The Kier molecular flexibility index (Phi) is 6.95. The molecule has 0 spiro atoms. The fourth-order valence-electron chi connectivity index (χ4n) is 4.25. The third-order valence-corrected chi connectivity index (χ3v) is 7.99. The van der Waals surface area contributed by atoms with Gasteiger partial charge in [0.25, 0.3) is 0 Å². The standard InChI is InChI=1S/C25H26N2O6S/c1-18(28)27-15-12-19-6-2-3-7-22(19)23(27)16-25(30)33-17-24(29)20-8-10-21(11-9-20)34(31,32)26-13-4-5-14-26/h2-3,6-12,15,23H,4-5,13-14,16-17H2,1H3. The molecule has 2 aromatic carbocycles. The Labute approximate surface area is 198 Å². The minimum Gasteiger partial charge on any atom is -0.457 e. The number of carbonyl (C=O) groups is 3. The smallest absolute Gasteiger partial charge is 0.308 e. The minimum absolute atomic E-state index is 0.0960. The predicted octanol–water partition coefficient (Wildman–Crippen LogP) is 3.16. The van der Waals surface area contributed by atoms with Crippen molar-refractivity contribution in [1.82, 2.24) is 9.21 Å². The number of esters is 1. The molecule has 4 rings (SSSR count). The van der Waals surface area contributed by atoms with Crippen molar-refractivity contribution in [2.24, 2.45) is 0 Å². The van der Waals surface area contributed by atoms with Crippen molar-refractivity contribution in [3.63, 3.8) is 0 Å². The molecule has 0 aromatic heterocycles. The van der Waals surface area contributed by atoms with E-state index in [9.17, 15) is 22.8 Å². The Bertz CT molecular complexity index is 1230. The van der Waals surface area contributed by atoms with Gasteiger partial charge in [0.15, 0.2) is 12.4 Å². The molecule has 1 fully saturated rings. The highest BCUT2D eigenvalue weighted by atomic mass is 32.2. The number of Topliss-reactive ketones (excluding diaryl/α,β-unsaturated/α-hetero) is 1. The highest BCUT2D eigenvalue weighted by molar-refractivity contribution is 7.89. The van der Waals surface area contributed by atoms with E-state index >= 15 is 0 Å². The number of hydrogen-bond acceptors (Lipinski definition) is 6. The van der Waals surface area contributed by atoms with Crippen molar-refractivity contribution in [2.75, 3.05) is 19.7 Å². The zero-order valence-corrected chi connectivity index (χ0v) is 19.7. The summed E-state index contributed by atoms with van der Waals surface area (Å²) in [6.07, 6.45) is 5.05. The molecule has 0 aliphatic carbocycles. The van der Waals surface area contributed by atoms with Crippen molar-refractivity contribution >= 4 is 33.8 Å². The minimum atomic E-state index is -3.56. The van der Waals surface area contributed by atoms with Gasteiger partial charge in [0.1, 0.15) is 0 Å². The van der Waals surface area contributed by atoms with Crippen molar-refractivity contribution in [3.8, 4) is 0 Å². The molecule has 1 amide bonds. The topological polar surface area (TPSA) is 101 Å². The maximum atomic E-state index is 12.6. The van der Waals surface area contributed by atoms with Crippen molar-refractivity contribution in [1.29, 1.82) is 0 Å². The van der Waals surface area contributed by atoms with Gasteiger partial charge in [0, 0.05) is 31.8 Å². The first-order chi connectivity index (χ1) is 16.3. The van der Waals surface area contributed by atoms with Crippen LogP contribution >= 0.6 is 0 Å². The number of ether oxygens (including phenoxy) is 1. The predicted molar refractivity (Wildman–Crippen MR) is 125 cm³/mol. The Hall–Kier alpha value is -3.30. The second-order valence-corrected chi connectivity index (χ2v) is 10.2. The van der Waals surface area contributed by atoms with E-state index in [1.807, 2.05) is 30.3 Å². The average molecular weight is 483 g/mol. The summed E-state index contributed by atoms with van der Waals surface area (Å²) in [7, 11) is -3.56. The van der Waals surface area contributed by atoms with Gasteiger partial charge in [-0.1, -0.05) is 24.3 Å². The van der Waals surface area contributed by atoms with Gasteiger partial charge in [-0.2, -0.15) is 4.31 Å². The summed E-state index contributed by atoms with van der Waals surface area (Å²) >= 11 is 0. The number of hydrogen-bond donors (Lipinski definition) is 0. The molecule has 2 aliphatic heterocycles. The summed E-state index contributed by atoms with van der Waals surface area (Å²) in [5, 5.41) is 0. The molecular formula is C25H26N2O6S. The number of nitrogens with zero attached hydrogens (tertiary/aromatic N) is 2. The van der Waals surface area contributed by atoms with Crippen LogP contribution in [0.2, 0.25) is 0 Å². The Morgan fingerprint density at radius 1 is 1.00 bits per heavy atom. The van der Waals surface area contributed by atoms with Gasteiger partial charge in [-0.25, -0.2) is 8.42 Å². The van der Waals surface area contributed by atoms with E-state index in [0.717, 1.165) is 24.0 Å². The highest BCUT2D eigenvalue weighted by Gasteiger charge is 2.29. The summed E-state index contributed by atoms with van der Waals surface area (Å²) in [4.78, 5) is 38.7. The van der Waals surface area contributed by atoms with E-state index in [1.54, 1.807) is 6.20 Å². The summed E-state index contributed by atoms with van der Waals surface area (Å²) in [6, 6.07) is 12.6. The fraction of sp³-hybridized carbons (Fsp3) is 0.320. The molecule has 0 bridgehead atoms. The number of benzene rings is 2. The summed E-state index contributed by atoms with van der Waals surface area (Å²) in [5.41, 5.74) is 2.00. The van der Waals surface area contributed by atoms with Crippen LogP contribution in [0.5, 0.6) is 0 Å². The van der Waals surface area contributed by atoms with E-state index in [4.69, 9.17) is 4.74 Å².